The molecule has 32 heavy (non-hydrogen) atoms. The van der Waals surface area contributed by atoms with Gasteiger partial charge in [0, 0.05) is 31.7 Å². The number of hydrogen-bond donors (Lipinski definition) is 1. The summed E-state index contributed by atoms with van der Waals surface area (Å²) in [5.41, 5.74) is 3.95. The molecule has 0 unspecified atom stereocenters. The highest BCUT2D eigenvalue weighted by Crippen LogP contribution is 2.49. The maximum absolute atomic E-state index is 14.8. The summed E-state index contributed by atoms with van der Waals surface area (Å²) in [6.07, 6.45) is 0. The van der Waals surface area contributed by atoms with Crippen molar-refractivity contribution in [2.24, 2.45) is 10.7 Å². The lowest BCUT2D eigenvalue weighted by molar-refractivity contribution is 0.146. The normalized spacial score (nSPS) is 23.2. The van der Waals surface area contributed by atoms with Crippen LogP contribution in [0.4, 0.5) is 13.2 Å². The van der Waals surface area contributed by atoms with E-state index in [9.17, 15) is 21.6 Å². The maximum Gasteiger partial charge on any atom is 0.247 e. The van der Waals surface area contributed by atoms with E-state index in [4.69, 9.17) is 10.5 Å². The van der Waals surface area contributed by atoms with E-state index in [0.717, 1.165) is 9.87 Å². The van der Waals surface area contributed by atoms with E-state index in [1.807, 2.05) is 13.8 Å². The van der Waals surface area contributed by atoms with Crippen LogP contribution in [-0.2, 0) is 25.7 Å². The molecule has 0 bridgehead atoms. The number of rotatable bonds is 5. The van der Waals surface area contributed by atoms with Gasteiger partial charge in [0.15, 0.2) is 0 Å². The molecule has 2 N–H and O–H groups in total. The van der Waals surface area contributed by atoms with Gasteiger partial charge >= 0.3 is 0 Å². The second-order valence-electron chi connectivity index (χ2n) is 8.69. The summed E-state index contributed by atoms with van der Waals surface area (Å²) in [5.74, 6) is -4.04. The Hall–Kier alpha value is -2.59. The van der Waals surface area contributed by atoms with E-state index >= 15 is 0 Å². The van der Waals surface area contributed by atoms with Crippen LogP contribution in [0.15, 0.2) is 41.4 Å². The first-order chi connectivity index (χ1) is 14.8. The number of hydrogen-bond acceptors (Lipinski definition) is 5. The largest absolute Gasteiger partial charge is 0.384 e. The van der Waals surface area contributed by atoms with Crippen LogP contribution in [0.5, 0.6) is 0 Å². The summed E-state index contributed by atoms with van der Waals surface area (Å²) < 4.78 is 76.0. The average molecular weight is 470 g/mol. The standard InChI is InChI=1S/C22H26F3N3O3S/c1-21(2,12-31-5)14-8-6-13(7-9-14)19-22(3,27-20(26)28(4)32(19,29)30)18-16(24)10-15(23)11-17(18)25/h6-11,19H,12H2,1-5H3,(H2,26,27)/t19-,22-/m1/s1. The Balaban J connectivity index is 2.26. The van der Waals surface area contributed by atoms with Crippen molar-refractivity contribution < 1.29 is 26.3 Å². The van der Waals surface area contributed by atoms with E-state index in [2.05, 4.69) is 4.99 Å². The van der Waals surface area contributed by atoms with Crippen molar-refractivity contribution in [3.8, 4) is 0 Å². The molecule has 0 saturated carbocycles. The maximum atomic E-state index is 14.8. The van der Waals surface area contributed by atoms with Crippen molar-refractivity contribution in [3.05, 3.63) is 70.5 Å². The zero-order chi connectivity index (χ0) is 24.1. The number of halogens is 3. The molecule has 0 amide bonds. The first kappa shape index (κ1) is 24.1. The van der Waals surface area contributed by atoms with Crippen molar-refractivity contribution in [1.29, 1.82) is 0 Å². The van der Waals surface area contributed by atoms with Gasteiger partial charge in [-0.25, -0.2) is 30.9 Å². The number of aliphatic imine (C=N–C) groups is 1. The van der Waals surface area contributed by atoms with Gasteiger partial charge < -0.3 is 10.5 Å². The minimum Gasteiger partial charge on any atom is -0.384 e. The number of methoxy groups -OCH3 is 1. The van der Waals surface area contributed by atoms with Gasteiger partial charge in [-0.2, -0.15) is 0 Å². The predicted octanol–water partition coefficient (Wildman–Crippen LogP) is 3.57. The minimum atomic E-state index is -4.24. The van der Waals surface area contributed by atoms with Crippen LogP contribution in [0.25, 0.3) is 0 Å². The lowest BCUT2D eigenvalue weighted by atomic mass is 9.82. The summed E-state index contributed by atoms with van der Waals surface area (Å²) in [4.78, 5) is 4.19. The van der Waals surface area contributed by atoms with E-state index in [1.165, 1.54) is 14.0 Å². The van der Waals surface area contributed by atoms with E-state index in [1.54, 1.807) is 31.4 Å². The summed E-state index contributed by atoms with van der Waals surface area (Å²) in [7, 11) is -1.44. The zero-order valence-electron chi connectivity index (χ0n) is 18.5. The van der Waals surface area contributed by atoms with Crippen LogP contribution in [0.2, 0.25) is 0 Å². The van der Waals surface area contributed by atoms with Gasteiger partial charge in [-0.15, -0.1) is 0 Å². The SMILES string of the molecule is COCC(C)(C)c1ccc([C@@H]2[C@@](C)(c3c(F)cc(F)cc3F)N=C(N)N(C)S2(=O)=O)cc1. The van der Waals surface area contributed by atoms with Crippen LogP contribution in [0.1, 0.15) is 42.7 Å². The number of guanidine groups is 1. The first-order valence-electron chi connectivity index (χ1n) is 9.83. The molecule has 10 heteroatoms. The van der Waals surface area contributed by atoms with Crippen LogP contribution < -0.4 is 5.73 Å². The van der Waals surface area contributed by atoms with Crippen molar-refractivity contribution in [2.75, 3.05) is 20.8 Å². The van der Waals surface area contributed by atoms with E-state index < -0.39 is 49.8 Å². The van der Waals surface area contributed by atoms with Gasteiger partial charge in [0.25, 0.3) is 0 Å². The lowest BCUT2D eigenvalue weighted by Gasteiger charge is -2.41. The summed E-state index contributed by atoms with van der Waals surface area (Å²) in [6, 6.07) is 7.63. The van der Waals surface area contributed by atoms with Gasteiger partial charge in [-0.3, -0.25) is 0 Å². The van der Waals surface area contributed by atoms with E-state index in [-0.39, 0.29) is 11.0 Å². The fraction of sp³-hybridized carbons (Fsp3) is 0.409. The fourth-order valence-corrected chi connectivity index (χ4v) is 6.08. The molecule has 2 aromatic carbocycles. The molecule has 1 aliphatic rings. The lowest BCUT2D eigenvalue weighted by Crippen LogP contribution is -2.52. The van der Waals surface area contributed by atoms with Crippen LogP contribution in [-0.4, -0.2) is 39.4 Å². The van der Waals surface area contributed by atoms with Crippen LogP contribution >= 0.6 is 0 Å². The molecule has 0 aromatic heterocycles. The van der Waals surface area contributed by atoms with Crippen molar-refractivity contribution in [2.45, 2.75) is 37.0 Å². The smallest absolute Gasteiger partial charge is 0.247 e. The van der Waals surface area contributed by atoms with Gasteiger partial charge in [0.05, 0.1) is 12.2 Å². The molecule has 1 heterocycles. The molecule has 0 spiro atoms. The molecular weight excluding hydrogens is 443 g/mol. The topological polar surface area (TPSA) is 85.0 Å². The summed E-state index contributed by atoms with van der Waals surface area (Å²) in [5, 5.41) is -1.51. The summed E-state index contributed by atoms with van der Waals surface area (Å²) in [6.45, 7) is 5.64. The van der Waals surface area contributed by atoms with Gasteiger partial charge in [0.2, 0.25) is 16.0 Å². The molecule has 2 aromatic rings. The van der Waals surface area contributed by atoms with Crippen molar-refractivity contribution in [3.63, 3.8) is 0 Å². The molecule has 0 saturated heterocycles. The highest BCUT2D eigenvalue weighted by molar-refractivity contribution is 7.90. The molecule has 0 radical (unpaired) electrons. The van der Waals surface area contributed by atoms with E-state index in [0.29, 0.717) is 18.7 Å². The zero-order valence-corrected chi connectivity index (χ0v) is 19.3. The Morgan fingerprint density at radius 2 is 1.69 bits per heavy atom. The molecule has 6 nitrogen and oxygen atoms in total. The molecule has 0 aliphatic carbocycles. The Kier molecular flexibility index (Phi) is 6.07. The number of sulfonamides is 1. The summed E-state index contributed by atoms with van der Waals surface area (Å²) >= 11 is 0. The van der Waals surface area contributed by atoms with Gasteiger partial charge in [-0.05, 0) is 18.1 Å². The molecule has 3 rings (SSSR count). The first-order valence-corrected chi connectivity index (χ1v) is 11.3. The van der Waals surface area contributed by atoms with Crippen molar-refractivity contribution in [1.82, 2.24) is 4.31 Å². The highest BCUT2D eigenvalue weighted by atomic mass is 32.2. The number of nitrogens with zero attached hydrogens (tertiary/aromatic N) is 2. The fourth-order valence-electron chi connectivity index (χ4n) is 4.21. The molecular formula is C22H26F3N3O3S. The number of nitrogens with two attached hydrogens (primary N) is 1. The molecule has 0 fully saturated rings. The van der Waals surface area contributed by atoms with Crippen LogP contribution in [0, 0.1) is 17.5 Å². The third-order valence-corrected chi connectivity index (χ3v) is 8.15. The van der Waals surface area contributed by atoms with Crippen LogP contribution in [0.3, 0.4) is 0 Å². The second-order valence-corrected chi connectivity index (χ2v) is 10.7. The van der Waals surface area contributed by atoms with Gasteiger partial charge in [0.1, 0.15) is 28.2 Å². The predicted molar refractivity (Wildman–Crippen MR) is 116 cm³/mol. The monoisotopic (exact) mass is 469 g/mol. The van der Waals surface area contributed by atoms with Gasteiger partial charge in [-0.1, -0.05) is 38.1 Å². The number of ether oxygens (including phenoxy) is 1. The minimum absolute atomic E-state index is 0.260. The molecule has 1 aliphatic heterocycles. The Bertz CT molecular complexity index is 1140. The third kappa shape index (κ3) is 3.86. The molecule has 2 atom stereocenters. The average Bonchev–Trinajstić information content (AvgIpc) is 2.65. The quantitative estimate of drug-likeness (QED) is 0.726. The Morgan fingerprint density at radius 1 is 1.16 bits per heavy atom. The second kappa shape index (κ2) is 8.08. The molecule has 174 valence electrons. The Morgan fingerprint density at radius 3 is 2.19 bits per heavy atom. The van der Waals surface area contributed by atoms with Crippen molar-refractivity contribution >= 4 is 16.0 Å². The number of benzene rings is 2. The highest BCUT2D eigenvalue weighted by Gasteiger charge is 2.53. The third-order valence-electron chi connectivity index (χ3n) is 5.87. The Labute approximate surface area is 185 Å².